The molecule has 0 fully saturated rings. The van der Waals surface area contributed by atoms with Crippen LogP contribution in [-0.4, -0.2) is 22.6 Å². The molecule has 16 heavy (non-hydrogen) atoms. The second kappa shape index (κ2) is 4.32. The number of rotatable bonds is 4. The summed E-state index contributed by atoms with van der Waals surface area (Å²) in [4.78, 5) is 14.5. The number of aryl methyl sites for hydroxylation is 1. The zero-order chi connectivity index (χ0) is 11.5. The molecule has 0 atom stereocenters. The summed E-state index contributed by atoms with van der Waals surface area (Å²) in [5, 5.41) is 11.3. The zero-order valence-corrected chi connectivity index (χ0v) is 8.86. The van der Waals surface area contributed by atoms with Crippen LogP contribution in [0.25, 0.3) is 11.1 Å². The molecule has 0 aliphatic rings. The number of nitrogens with zero attached hydrogens (tertiary/aromatic N) is 1. The molecule has 0 aliphatic heterocycles. The Hall–Kier alpha value is -1.88. The Morgan fingerprint density at radius 1 is 1.56 bits per heavy atom. The standard InChI is InChI=1S/C11H12N2O3/c1-7-13-9-4-8(2-3-10(9)16-7)5-12-6-11(14)15/h2-4,12H,5-6H2,1H3,(H,14,15). The van der Waals surface area contributed by atoms with Crippen LogP contribution < -0.4 is 5.32 Å². The molecule has 5 heteroatoms. The Morgan fingerprint density at radius 3 is 3.12 bits per heavy atom. The summed E-state index contributed by atoms with van der Waals surface area (Å²) in [6.07, 6.45) is 0. The Kier molecular flexibility index (Phi) is 2.87. The fourth-order valence-corrected chi connectivity index (χ4v) is 1.51. The highest BCUT2D eigenvalue weighted by Crippen LogP contribution is 2.16. The average molecular weight is 220 g/mol. The SMILES string of the molecule is Cc1nc2cc(CNCC(=O)O)ccc2o1. The fourth-order valence-electron chi connectivity index (χ4n) is 1.51. The summed E-state index contributed by atoms with van der Waals surface area (Å²) in [6, 6.07) is 5.62. The van der Waals surface area contributed by atoms with Gasteiger partial charge in [-0.15, -0.1) is 0 Å². The minimum atomic E-state index is -0.863. The number of aliphatic carboxylic acids is 1. The van der Waals surface area contributed by atoms with Crippen molar-refractivity contribution < 1.29 is 14.3 Å². The van der Waals surface area contributed by atoms with Crippen LogP contribution >= 0.6 is 0 Å². The van der Waals surface area contributed by atoms with Gasteiger partial charge in [-0.1, -0.05) is 6.07 Å². The maximum atomic E-state index is 10.3. The van der Waals surface area contributed by atoms with Gasteiger partial charge in [-0.3, -0.25) is 4.79 Å². The number of carbonyl (C=O) groups is 1. The van der Waals surface area contributed by atoms with Crippen molar-refractivity contribution in [1.29, 1.82) is 0 Å². The second-order valence-corrected chi connectivity index (χ2v) is 3.53. The van der Waals surface area contributed by atoms with Crippen LogP contribution in [0.3, 0.4) is 0 Å². The number of carboxylic acids is 1. The van der Waals surface area contributed by atoms with Crippen LogP contribution in [0, 0.1) is 6.92 Å². The number of aromatic nitrogens is 1. The van der Waals surface area contributed by atoms with E-state index in [0.29, 0.717) is 12.4 Å². The molecule has 0 aliphatic carbocycles. The second-order valence-electron chi connectivity index (χ2n) is 3.53. The number of hydrogen-bond acceptors (Lipinski definition) is 4. The normalized spacial score (nSPS) is 10.8. The van der Waals surface area contributed by atoms with E-state index in [4.69, 9.17) is 9.52 Å². The molecule has 1 aromatic heterocycles. The minimum absolute atomic E-state index is 0.0458. The van der Waals surface area contributed by atoms with E-state index in [1.807, 2.05) is 18.2 Å². The number of nitrogens with one attached hydrogen (secondary N) is 1. The molecule has 2 aromatic rings. The number of carboxylic acid groups (broad SMARTS) is 1. The molecule has 84 valence electrons. The molecule has 0 saturated heterocycles. The van der Waals surface area contributed by atoms with Crippen LogP contribution in [-0.2, 0) is 11.3 Å². The summed E-state index contributed by atoms with van der Waals surface area (Å²) >= 11 is 0. The summed E-state index contributed by atoms with van der Waals surface area (Å²) < 4.78 is 5.34. The first-order valence-corrected chi connectivity index (χ1v) is 4.94. The van der Waals surface area contributed by atoms with Gasteiger partial charge in [0.15, 0.2) is 11.5 Å². The highest BCUT2D eigenvalue weighted by Gasteiger charge is 2.03. The van der Waals surface area contributed by atoms with E-state index in [-0.39, 0.29) is 6.54 Å². The predicted molar refractivity (Wildman–Crippen MR) is 58.1 cm³/mol. The van der Waals surface area contributed by atoms with Gasteiger partial charge in [-0.2, -0.15) is 0 Å². The molecular weight excluding hydrogens is 208 g/mol. The lowest BCUT2D eigenvalue weighted by Crippen LogP contribution is -2.21. The van der Waals surface area contributed by atoms with Gasteiger partial charge in [0.2, 0.25) is 0 Å². The maximum Gasteiger partial charge on any atom is 0.317 e. The van der Waals surface area contributed by atoms with Gasteiger partial charge < -0.3 is 14.8 Å². The van der Waals surface area contributed by atoms with Crippen molar-refractivity contribution in [2.24, 2.45) is 0 Å². The predicted octanol–water partition coefficient (Wildman–Crippen LogP) is 1.31. The van der Waals surface area contributed by atoms with Gasteiger partial charge in [-0.05, 0) is 17.7 Å². The van der Waals surface area contributed by atoms with E-state index in [0.717, 1.165) is 16.7 Å². The van der Waals surface area contributed by atoms with Crippen molar-refractivity contribution in [3.63, 3.8) is 0 Å². The summed E-state index contributed by atoms with van der Waals surface area (Å²) in [6.45, 7) is 2.26. The lowest BCUT2D eigenvalue weighted by molar-refractivity contribution is -0.135. The van der Waals surface area contributed by atoms with E-state index in [1.165, 1.54) is 0 Å². The molecule has 1 aromatic carbocycles. The topological polar surface area (TPSA) is 75.4 Å². The highest BCUT2D eigenvalue weighted by molar-refractivity contribution is 5.73. The van der Waals surface area contributed by atoms with Gasteiger partial charge >= 0.3 is 5.97 Å². The Balaban J connectivity index is 2.10. The zero-order valence-electron chi connectivity index (χ0n) is 8.86. The van der Waals surface area contributed by atoms with E-state index < -0.39 is 5.97 Å². The van der Waals surface area contributed by atoms with Crippen LogP contribution in [0.1, 0.15) is 11.5 Å². The lowest BCUT2D eigenvalue weighted by atomic mass is 10.2. The van der Waals surface area contributed by atoms with Gasteiger partial charge in [0, 0.05) is 13.5 Å². The third-order valence-electron chi connectivity index (χ3n) is 2.16. The number of oxazole rings is 1. The largest absolute Gasteiger partial charge is 0.480 e. The molecule has 0 radical (unpaired) electrons. The van der Waals surface area contributed by atoms with Crippen LogP contribution in [0.4, 0.5) is 0 Å². The van der Waals surface area contributed by atoms with Gasteiger partial charge in [0.25, 0.3) is 0 Å². The molecule has 0 saturated carbocycles. The Morgan fingerprint density at radius 2 is 2.38 bits per heavy atom. The summed E-state index contributed by atoms with van der Waals surface area (Å²) in [7, 11) is 0. The minimum Gasteiger partial charge on any atom is -0.480 e. The first-order chi connectivity index (χ1) is 7.65. The molecule has 0 spiro atoms. The van der Waals surface area contributed by atoms with Crippen LogP contribution in [0.2, 0.25) is 0 Å². The van der Waals surface area contributed by atoms with Crippen molar-refractivity contribution in [3.8, 4) is 0 Å². The molecular formula is C11H12N2O3. The first kappa shape index (κ1) is 10.6. The van der Waals surface area contributed by atoms with E-state index in [1.54, 1.807) is 6.92 Å². The van der Waals surface area contributed by atoms with Gasteiger partial charge in [0.05, 0.1) is 6.54 Å². The molecule has 5 nitrogen and oxygen atoms in total. The quantitative estimate of drug-likeness (QED) is 0.812. The summed E-state index contributed by atoms with van der Waals surface area (Å²) in [5.74, 6) is -0.232. The van der Waals surface area contributed by atoms with Crippen molar-refractivity contribution in [3.05, 3.63) is 29.7 Å². The van der Waals surface area contributed by atoms with Crippen LogP contribution in [0.15, 0.2) is 22.6 Å². The van der Waals surface area contributed by atoms with E-state index >= 15 is 0 Å². The number of fused-ring (bicyclic) bond motifs is 1. The first-order valence-electron chi connectivity index (χ1n) is 4.94. The fraction of sp³-hybridized carbons (Fsp3) is 0.273. The third-order valence-corrected chi connectivity index (χ3v) is 2.16. The van der Waals surface area contributed by atoms with Crippen molar-refractivity contribution in [2.75, 3.05) is 6.54 Å². The average Bonchev–Trinajstić information content (AvgIpc) is 2.56. The lowest BCUT2D eigenvalue weighted by Gasteiger charge is -2.01. The van der Waals surface area contributed by atoms with Gasteiger partial charge in [0.1, 0.15) is 5.52 Å². The molecule has 2 rings (SSSR count). The van der Waals surface area contributed by atoms with Crippen molar-refractivity contribution >= 4 is 17.1 Å². The van der Waals surface area contributed by atoms with Crippen LogP contribution in [0.5, 0.6) is 0 Å². The van der Waals surface area contributed by atoms with E-state index in [2.05, 4.69) is 10.3 Å². The molecule has 2 N–H and O–H groups in total. The molecule has 1 heterocycles. The monoisotopic (exact) mass is 220 g/mol. The summed E-state index contributed by atoms with van der Waals surface area (Å²) in [5.41, 5.74) is 2.54. The van der Waals surface area contributed by atoms with Crippen molar-refractivity contribution in [2.45, 2.75) is 13.5 Å². The molecule has 0 bridgehead atoms. The highest BCUT2D eigenvalue weighted by atomic mass is 16.4. The molecule has 0 unspecified atom stereocenters. The van der Waals surface area contributed by atoms with Gasteiger partial charge in [-0.25, -0.2) is 4.98 Å². The maximum absolute atomic E-state index is 10.3. The molecule has 0 amide bonds. The van der Waals surface area contributed by atoms with Crippen molar-refractivity contribution in [1.82, 2.24) is 10.3 Å². The number of hydrogen-bond donors (Lipinski definition) is 2. The third kappa shape index (κ3) is 2.38. The number of benzene rings is 1. The Labute approximate surface area is 92.1 Å². The Bertz CT molecular complexity index is 519. The smallest absolute Gasteiger partial charge is 0.317 e. The van der Waals surface area contributed by atoms with E-state index in [9.17, 15) is 4.79 Å².